The Balaban J connectivity index is 1.77. The first-order valence-electron chi connectivity index (χ1n) is 6.49. The number of hydrogen-bond acceptors (Lipinski definition) is 4. The third-order valence-corrected chi connectivity index (χ3v) is 3.35. The molecule has 3 rings (SSSR count). The molecule has 5 heteroatoms. The van der Waals surface area contributed by atoms with Crippen LogP contribution >= 0.6 is 0 Å². The van der Waals surface area contributed by atoms with E-state index in [4.69, 9.17) is 0 Å². The van der Waals surface area contributed by atoms with Gasteiger partial charge in [0.25, 0.3) is 0 Å². The Morgan fingerprint density at radius 1 is 1.16 bits per heavy atom. The molecule has 2 aromatic rings. The van der Waals surface area contributed by atoms with Crippen molar-refractivity contribution in [2.24, 2.45) is 0 Å². The molecule has 2 aromatic heterocycles. The zero-order valence-corrected chi connectivity index (χ0v) is 10.6. The highest BCUT2D eigenvalue weighted by atomic mass is 19.1. The van der Waals surface area contributed by atoms with Gasteiger partial charge in [-0.25, -0.2) is 14.4 Å². The summed E-state index contributed by atoms with van der Waals surface area (Å²) in [5.74, 6) is 0.554. The second-order valence-electron chi connectivity index (χ2n) is 4.72. The maximum absolute atomic E-state index is 13.1. The van der Waals surface area contributed by atoms with Gasteiger partial charge in [-0.05, 0) is 37.3 Å². The van der Waals surface area contributed by atoms with Crippen molar-refractivity contribution in [3.05, 3.63) is 47.4 Å². The maximum atomic E-state index is 13.1. The Bertz CT molecular complexity index is 585. The molecule has 1 aliphatic carbocycles. The van der Waals surface area contributed by atoms with Crippen molar-refractivity contribution in [2.75, 3.05) is 5.32 Å². The van der Waals surface area contributed by atoms with Gasteiger partial charge in [-0.1, -0.05) is 0 Å². The van der Waals surface area contributed by atoms with Crippen LogP contribution in [0.15, 0.2) is 24.8 Å². The van der Waals surface area contributed by atoms with Crippen LogP contribution < -0.4 is 5.32 Å². The number of rotatable bonds is 3. The molecule has 0 saturated heterocycles. The van der Waals surface area contributed by atoms with Gasteiger partial charge in [0.2, 0.25) is 0 Å². The van der Waals surface area contributed by atoms with E-state index in [1.165, 1.54) is 30.7 Å². The lowest BCUT2D eigenvalue weighted by Crippen LogP contribution is -2.12. The molecule has 4 nitrogen and oxygen atoms in total. The number of halogens is 1. The van der Waals surface area contributed by atoms with Crippen molar-refractivity contribution in [1.29, 1.82) is 0 Å². The number of nitrogens with zero attached hydrogens (tertiary/aromatic N) is 3. The van der Waals surface area contributed by atoms with Gasteiger partial charge >= 0.3 is 0 Å². The third kappa shape index (κ3) is 2.70. The van der Waals surface area contributed by atoms with Crippen molar-refractivity contribution in [3.63, 3.8) is 0 Å². The molecule has 0 atom stereocenters. The van der Waals surface area contributed by atoms with Gasteiger partial charge in [-0.3, -0.25) is 4.98 Å². The van der Waals surface area contributed by atoms with Gasteiger partial charge in [0.05, 0.1) is 6.20 Å². The molecule has 1 aliphatic rings. The van der Waals surface area contributed by atoms with Crippen LogP contribution in [0, 0.1) is 5.82 Å². The fourth-order valence-corrected chi connectivity index (χ4v) is 2.41. The molecular weight excluding hydrogens is 243 g/mol. The number of aromatic nitrogens is 3. The summed E-state index contributed by atoms with van der Waals surface area (Å²) in [5, 5.41) is 3.26. The molecule has 0 amide bonds. The lowest BCUT2D eigenvalue weighted by atomic mass is 9.96. The van der Waals surface area contributed by atoms with E-state index in [0.29, 0.717) is 6.54 Å². The average molecular weight is 258 g/mol. The van der Waals surface area contributed by atoms with Gasteiger partial charge in [0.1, 0.15) is 18.0 Å². The molecule has 1 N–H and O–H groups in total. The molecular formula is C14H15FN4. The summed E-state index contributed by atoms with van der Waals surface area (Å²) in [4.78, 5) is 12.5. The van der Waals surface area contributed by atoms with Crippen LogP contribution in [0.3, 0.4) is 0 Å². The highest BCUT2D eigenvalue weighted by Gasteiger charge is 2.15. The number of hydrogen-bond donors (Lipinski definition) is 1. The van der Waals surface area contributed by atoms with Crippen molar-refractivity contribution in [3.8, 4) is 0 Å². The van der Waals surface area contributed by atoms with Crippen molar-refractivity contribution < 1.29 is 4.39 Å². The van der Waals surface area contributed by atoms with Crippen molar-refractivity contribution in [1.82, 2.24) is 15.0 Å². The van der Waals surface area contributed by atoms with Crippen LogP contribution in [-0.2, 0) is 19.4 Å². The summed E-state index contributed by atoms with van der Waals surface area (Å²) in [5.41, 5.74) is 3.16. The van der Waals surface area contributed by atoms with E-state index in [2.05, 4.69) is 20.3 Å². The van der Waals surface area contributed by atoms with Crippen LogP contribution in [0.2, 0.25) is 0 Å². The molecule has 0 saturated carbocycles. The average Bonchev–Trinajstić information content (AvgIpc) is 2.45. The Morgan fingerprint density at radius 3 is 2.95 bits per heavy atom. The largest absolute Gasteiger partial charge is 0.366 e. The second kappa shape index (κ2) is 5.30. The minimum absolute atomic E-state index is 0.316. The fraction of sp³-hybridized carbons (Fsp3) is 0.357. The van der Waals surface area contributed by atoms with E-state index in [1.54, 1.807) is 12.5 Å². The molecule has 0 fully saturated rings. The van der Waals surface area contributed by atoms with E-state index >= 15 is 0 Å². The van der Waals surface area contributed by atoms with Gasteiger partial charge in [0, 0.05) is 24.0 Å². The zero-order chi connectivity index (χ0) is 13.1. The van der Waals surface area contributed by atoms with Crippen LogP contribution in [0.4, 0.5) is 10.2 Å². The standard InChI is InChI=1S/C14H15FN4/c15-11-5-10(6-16-8-11)7-17-14-12-3-1-2-4-13(12)18-9-19-14/h5-6,8-9H,1-4,7H2,(H,17,18,19). The van der Waals surface area contributed by atoms with Crippen LogP contribution in [0.1, 0.15) is 29.7 Å². The summed E-state index contributed by atoms with van der Waals surface area (Å²) < 4.78 is 13.1. The van der Waals surface area contributed by atoms with E-state index < -0.39 is 0 Å². The lowest BCUT2D eigenvalue weighted by Gasteiger charge is -2.17. The summed E-state index contributed by atoms with van der Waals surface area (Å²) in [7, 11) is 0. The van der Waals surface area contributed by atoms with Gasteiger partial charge in [-0.15, -0.1) is 0 Å². The van der Waals surface area contributed by atoms with Gasteiger partial charge < -0.3 is 5.32 Å². The molecule has 0 unspecified atom stereocenters. The Hall–Kier alpha value is -2.04. The van der Waals surface area contributed by atoms with Crippen molar-refractivity contribution in [2.45, 2.75) is 32.2 Å². The Morgan fingerprint density at radius 2 is 2.05 bits per heavy atom. The minimum atomic E-state index is -0.316. The highest BCUT2D eigenvalue weighted by molar-refractivity contribution is 5.47. The lowest BCUT2D eigenvalue weighted by molar-refractivity contribution is 0.619. The topological polar surface area (TPSA) is 50.7 Å². The zero-order valence-electron chi connectivity index (χ0n) is 10.6. The SMILES string of the molecule is Fc1cncc(CNc2ncnc3c2CCCC3)c1. The maximum Gasteiger partial charge on any atom is 0.141 e. The van der Waals surface area contributed by atoms with Gasteiger partial charge in [-0.2, -0.15) is 0 Å². The normalized spacial score (nSPS) is 13.9. The predicted octanol–water partition coefficient (Wildman–Crippen LogP) is 2.50. The number of fused-ring (bicyclic) bond motifs is 1. The van der Waals surface area contributed by atoms with Gasteiger partial charge in [0.15, 0.2) is 0 Å². The molecule has 0 bridgehead atoms. The van der Waals surface area contributed by atoms with E-state index in [1.807, 2.05) is 0 Å². The van der Waals surface area contributed by atoms with Crippen LogP contribution in [0.5, 0.6) is 0 Å². The number of aryl methyl sites for hydroxylation is 1. The number of nitrogens with one attached hydrogen (secondary N) is 1. The molecule has 0 aliphatic heterocycles. The predicted molar refractivity (Wildman–Crippen MR) is 70.2 cm³/mol. The second-order valence-corrected chi connectivity index (χ2v) is 4.72. The molecule has 0 aromatic carbocycles. The molecule has 98 valence electrons. The molecule has 0 spiro atoms. The molecule has 2 heterocycles. The van der Waals surface area contributed by atoms with E-state index in [-0.39, 0.29) is 5.82 Å². The smallest absolute Gasteiger partial charge is 0.141 e. The monoisotopic (exact) mass is 258 g/mol. The summed E-state index contributed by atoms with van der Waals surface area (Å²) in [6.07, 6.45) is 8.86. The quantitative estimate of drug-likeness (QED) is 0.919. The minimum Gasteiger partial charge on any atom is -0.366 e. The first kappa shape index (κ1) is 12.0. The summed E-state index contributed by atoms with van der Waals surface area (Å²) >= 11 is 0. The Kier molecular flexibility index (Phi) is 3.35. The summed E-state index contributed by atoms with van der Waals surface area (Å²) in [6, 6.07) is 1.48. The van der Waals surface area contributed by atoms with Crippen LogP contribution in [-0.4, -0.2) is 15.0 Å². The Labute approximate surface area is 111 Å². The first-order valence-corrected chi connectivity index (χ1v) is 6.49. The molecule has 0 radical (unpaired) electrons. The fourth-order valence-electron chi connectivity index (χ4n) is 2.41. The highest BCUT2D eigenvalue weighted by Crippen LogP contribution is 2.24. The molecule has 19 heavy (non-hydrogen) atoms. The van der Waals surface area contributed by atoms with E-state index in [9.17, 15) is 4.39 Å². The van der Waals surface area contributed by atoms with E-state index in [0.717, 1.165) is 29.9 Å². The van der Waals surface area contributed by atoms with Crippen LogP contribution in [0.25, 0.3) is 0 Å². The number of pyridine rings is 1. The van der Waals surface area contributed by atoms with Crippen molar-refractivity contribution >= 4 is 5.82 Å². The summed E-state index contributed by atoms with van der Waals surface area (Å²) in [6.45, 7) is 0.522. The number of anilines is 1. The third-order valence-electron chi connectivity index (χ3n) is 3.35. The first-order chi connectivity index (χ1) is 9.33.